The molecule has 0 unspecified atom stereocenters. The highest BCUT2D eigenvalue weighted by Gasteiger charge is 2.38. The Hall–Kier alpha value is -2.69. The van der Waals surface area contributed by atoms with Gasteiger partial charge in [-0.2, -0.15) is 0 Å². The number of benzene rings is 1. The van der Waals surface area contributed by atoms with Crippen LogP contribution in [0.2, 0.25) is 0 Å². The minimum atomic E-state index is -1.84. The molecule has 0 radical (unpaired) electrons. The van der Waals surface area contributed by atoms with Gasteiger partial charge in [-0.25, -0.2) is 4.79 Å². The number of rotatable bonds is 9. The first kappa shape index (κ1) is 23.6. The zero-order chi connectivity index (χ0) is 22.6. The Bertz CT molecular complexity index is 799. The summed E-state index contributed by atoms with van der Waals surface area (Å²) in [5, 5.41) is 32.9. The van der Waals surface area contributed by atoms with E-state index < -0.39 is 48.2 Å². The molecule has 1 heterocycles. The van der Waals surface area contributed by atoms with Gasteiger partial charge in [0.15, 0.2) is 6.10 Å². The number of carbonyl (C=O) groups excluding carboxylic acids is 3. The molecule has 0 bridgehead atoms. The van der Waals surface area contributed by atoms with Gasteiger partial charge in [-0.05, 0) is 24.0 Å². The van der Waals surface area contributed by atoms with Crippen molar-refractivity contribution in [1.29, 1.82) is 0 Å². The van der Waals surface area contributed by atoms with E-state index >= 15 is 0 Å². The third-order valence-corrected chi connectivity index (χ3v) is 5.05. The number of hydrogen-bond acceptors (Lipinski definition) is 7. The molecule has 0 saturated heterocycles. The van der Waals surface area contributed by atoms with Crippen LogP contribution in [0.15, 0.2) is 18.2 Å². The van der Waals surface area contributed by atoms with Crippen molar-refractivity contribution in [2.75, 3.05) is 0 Å². The Balaban J connectivity index is 2.15. The number of nitrogens with two attached hydrogens (primary N) is 1. The molecule has 1 aliphatic rings. The van der Waals surface area contributed by atoms with Gasteiger partial charge in [0.25, 0.3) is 5.91 Å². The van der Waals surface area contributed by atoms with E-state index in [0.717, 1.165) is 0 Å². The number of ether oxygens (including phenoxy) is 1. The van der Waals surface area contributed by atoms with Gasteiger partial charge in [-0.15, -0.1) is 0 Å². The normalized spacial score (nSPS) is 19.9. The topological polar surface area (TPSA) is 187 Å². The van der Waals surface area contributed by atoms with Crippen molar-refractivity contribution in [3.63, 3.8) is 0 Å². The van der Waals surface area contributed by atoms with Crippen LogP contribution in [0, 0.1) is 5.92 Å². The van der Waals surface area contributed by atoms with E-state index in [2.05, 4.69) is 11.1 Å². The van der Waals surface area contributed by atoms with Crippen molar-refractivity contribution in [3.8, 4) is 5.75 Å². The quantitative estimate of drug-likeness (QED) is 0.253. The van der Waals surface area contributed by atoms with E-state index in [1.165, 1.54) is 6.07 Å². The number of quaternary nitrogens is 1. The maximum absolute atomic E-state index is 12.5. The summed E-state index contributed by atoms with van der Waals surface area (Å²) in [5.74, 6) is -2.33. The fourth-order valence-electron chi connectivity index (χ4n) is 3.54. The average Bonchev–Trinajstić information content (AvgIpc) is 2.65. The predicted octanol–water partition coefficient (Wildman–Crippen LogP) is -1.79. The Labute approximate surface area is 174 Å². The molecule has 1 aromatic rings. The van der Waals surface area contributed by atoms with Gasteiger partial charge in [0.1, 0.15) is 29.6 Å². The second kappa shape index (κ2) is 9.88. The van der Waals surface area contributed by atoms with Gasteiger partial charge in [0.05, 0.1) is 12.5 Å². The average molecular weight is 424 g/mol. The summed E-state index contributed by atoms with van der Waals surface area (Å²) in [4.78, 5) is 35.9. The molecular weight excluding hydrogens is 394 g/mol. The molecule has 30 heavy (non-hydrogen) atoms. The second-order valence-electron chi connectivity index (χ2n) is 8.07. The predicted molar refractivity (Wildman–Crippen MR) is 105 cm³/mol. The molecule has 0 saturated carbocycles. The summed E-state index contributed by atoms with van der Waals surface area (Å²) >= 11 is 0. The summed E-state index contributed by atoms with van der Waals surface area (Å²) < 4.78 is 5.47. The van der Waals surface area contributed by atoms with E-state index in [9.17, 15) is 29.7 Å². The van der Waals surface area contributed by atoms with Gasteiger partial charge >= 0.3 is 5.97 Å². The number of amides is 2. The maximum Gasteiger partial charge on any atom is 0.342 e. The molecule has 10 heteroatoms. The van der Waals surface area contributed by atoms with Crippen molar-refractivity contribution >= 4 is 17.8 Å². The summed E-state index contributed by atoms with van der Waals surface area (Å²) in [7, 11) is 0. The van der Waals surface area contributed by atoms with Crippen LogP contribution >= 0.6 is 0 Å². The molecule has 0 aromatic heterocycles. The number of carbonyl (C=O) groups is 3. The van der Waals surface area contributed by atoms with Gasteiger partial charge in [0, 0.05) is 6.42 Å². The highest BCUT2D eigenvalue weighted by atomic mass is 16.5. The van der Waals surface area contributed by atoms with E-state index in [4.69, 9.17) is 10.5 Å². The number of phenols is 1. The van der Waals surface area contributed by atoms with E-state index in [-0.39, 0.29) is 30.1 Å². The number of aliphatic hydroxyl groups is 2. The highest BCUT2D eigenvalue weighted by Crippen LogP contribution is 2.30. The van der Waals surface area contributed by atoms with Gasteiger partial charge in [0.2, 0.25) is 5.91 Å². The monoisotopic (exact) mass is 424 g/mol. The van der Waals surface area contributed by atoms with Crippen LogP contribution in [0.4, 0.5) is 0 Å². The minimum Gasteiger partial charge on any atom is -0.507 e. The molecule has 0 aliphatic carbocycles. The lowest BCUT2D eigenvalue weighted by Crippen LogP contribution is -2.70. The first-order valence-corrected chi connectivity index (χ1v) is 9.81. The molecule has 1 aromatic carbocycles. The van der Waals surface area contributed by atoms with Crippen LogP contribution in [-0.2, 0) is 20.7 Å². The number of fused-ring (bicyclic) bond motifs is 1. The molecule has 0 spiro atoms. The molecule has 2 amide bonds. The first-order valence-electron chi connectivity index (χ1n) is 9.81. The number of esters is 1. The highest BCUT2D eigenvalue weighted by molar-refractivity contribution is 5.95. The number of primary amides is 1. The van der Waals surface area contributed by atoms with Crippen LogP contribution < -0.4 is 16.8 Å². The van der Waals surface area contributed by atoms with Gasteiger partial charge in [-0.1, -0.05) is 26.0 Å². The van der Waals surface area contributed by atoms with Crippen molar-refractivity contribution in [3.05, 3.63) is 29.3 Å². The van der Waals surface area contributed by atoms with Crippen molar-refractivity contribution < 1.29 is 40.2 Å². The summed E-state index contributed by atoms with van der Waals surface area (Å²) in [6.07, 6.45) is -3.73. The van der Waals surface area contributed by atoms with Crippen molar-refractivity contribution in [2.24, 2.45) is 11.7 Å². The number of aromatic hydroxyl groups is 1. The maximum atomic E-state index is 12.5. The number of aliphatic hydroxyl groups excluding tert-OH is 2. The Morgan fingerprint density at radius 2 is 2.00 bits per heavy atom. The van der Waals surface area contributed by atoms with E-state index in [1.807, 2.05) is 13.8 Å². The smallest absolute Gasteiger partial charge is 0.342 e. The van der Waals surface area contributed by atoms with Crippen LogP contribution in [0.3, 0.4) is 0 Å². The number of hydrogen-bond donors (Lipinski definition) is 6. The lowest BCUT2D eigenvalue weighted by Gasteiger charge is -2.33. The van der Waals surface area contributed by atoms with Crippen LogP contribution in [-0.4, -0.2) is 63.5 Å². The minimum absolute atomic E-state index is 0.102. The molecule has 1 aliphatic heterocycles. The third kappa shape index (κ3) is 5.68. The number of nitrogens with one attached hydrogen (secondary N) is 1. The molecule has 0 fully saturated rings. The second-order valence-corrected chi connectivity index (χ2v) is 8.07. The standard InChI is InChI=1S/C20H29N3O7/c1-9(2)6-12(23-19(28)18(27)17(26)11(21)8-15(22)25)14-7-10-4-3-5-13(24)16(10)20(29)30-14/h3-5,9,11-12,14,17-18,24,26-27H,6-8,21H2,1-2H3,(H2,22,25)(H,23,28)/p+1/t11-,12-,14-,17-,18-/m0/s1. The Morgan fingerprint density at radius 1 is 1.33 bits per heavy atom. The SMILES string of the molecule is CC(C)C[C@H](NC(=O)[C@@H](O)[C@@H](O)[C@@H]([NH3+])CC(N)=O)[C@@H]1Cc2cccc(O)c2C(=O)O1. The molecule has 9 N–H and O–H groups in total. The van der Waals surface area contributed by atoms with Crippen LogP contribution in [0.1, 0.15) is 42.6 Å². The summed E-state index contributed by atoms with van der Waals surface area (Å²) in [6.45, 7) is 3.85. The zero-order valence-electron chi connectivity index (χ0n) is 17.1. The van der Waals surface area contributed by atoms with Crippen molar-refractivity contribution in [2.45, 2.75) is 63.5 Å². The fraction of sp³-hybridized carbons (Fsp3) is 0.550. The summed E-state index contributed by atoms with van der Waals surface area (Å²) in [6, 6.07) is 3.11. The van der Waals surface area contributed by atoms with E-state index in [1.54, 1.807) is 12.1 Å². The molecule has 10 nitrogen and oxygen atoms in total. The molecule has 2 rings (SSSR count). The number of cyclic esters (lactones) is 1. The molecular formula is C20H30N3O7+. The van der Waals surface area contributed by atoms with Crippen LogP contribution in [0.25, 0.3) is 0 Å². The lowest BCUT2D eigenvalue weighted by atomic mass is 9.90. The lowest BCUT2D eigenvalue weighted by molar-refractivity contribution is -0.439. The van der Waals surface area contributed by atoms with E-state index in [0.29, 0.717) is 12.0 Å². The molecule has 166 valence electrons. The summed E-state index contributed by atoms with van der Waals surface area (Å²) in [5.41, 5.74) is 9.32. The third-order valence-electron chi connectivity index (χ3n) is 5.05. The van der Waals surface area contributed by atoms with Gasteiger partial charge < -0.3 is 36.8 Å². The zero-order valence-corrected chi connectivity index (χ0v) is 17.1. The van der Waals surface area contributed by atoms with Gasteiger partial charge in [-0.3, -0.25) is 9.59 Å². The Morgan fingerprint density at radius 3 is 2.60 bits per heavy atom. The first-order chi connectivity index (χ1) is 14.0. The Kier molecular flexibility index (Phi) is 7.77. The largest absolute Gasteiger partial charge is 0.507 e. The molecule has 5 atom stereocenters. The fourth-order valence-corrected chi connectivity index (χ4v) is 3.54. The number of phenolic OH excluding ortho intramolecular Hbond substituents is 1. The van der Waals surface area contributed by atoms with Crippen LogP contribution in [0.5, 0.6) is 5.75 Å². The van der Waals surface area contributed by atoms with Crippen molar-refractivity contribution in [1.82, 2.24) is 5.32 Å².